The molecule has 27 heavy (non-hydrogen) atoms. The molecule has 3 aromatic rings. The Bertz CT molecular complexity index is 1010. The van der Waals surface area contributed by atoms with Crippen molar-refractivity contribution in [1.29, 1.82) is 5.41 Å². The van der Waals surface area contributed by atoms with Gasteiger partial charge in [-0.05, 0) is 36.2 Å². The van der Waals surface area contributed by atoms with Crippen molar-refractivity contribution in [2.75, 3.05) is 11.4 Å². The fraction of sp³-hybridized carbons (Fsp3) is 0.238. The zero-order valence-electron chi connectivity index (χ0n) is 15.7. The van der Waals surface area contributed by atoms with Crippen LogP contribution in [0.5, 0.6) is 0 Å². The number of hydrogen-bond acceptors (Lipinski definition) is 2. The first-order chi connectivity index (χ1) is 12.5. The van der Waals surface area contributed by atoms with E-state index in [0.29, 0.717) is 18.0 Å². The highest BCUT2D eigenvalue weighted by Gasteiger charge is 2.37. The van der Waals surface area contributed by atoms with Gasteiger partial charge >= 0.3 is 0 Å². The van der Waals surface area contributed by atoms with E-state index in [4.69, 9.17) is 5.41 Å². The quantitative estimate of drug-likeness (QED) is 0.642. The fourth-order valence-corrected chi connectivity index (χ4v) is 3.77. The molecule has 1 aliphatic heterocycles. The van der Waals surface area contributed by atoms with Crippen molar-refractivity contribution >= 4 is 28.1 Å². The Morgan fingerprint density at radius 3 is 2.41 bits per heavy atom. The molecule has 2 heterocycles. The maximum Gasteiger partial charge on any atom is 0.296 e. The molecule has 0 bridgehead atoms. The molecule has 4 rings (SSSR count). The van der Waals surface area contributed by atoms with Crippen molar-refractivity contribution in [1.82, 2.24) is 4.57 Å². The van der Waals surface area contributed by atoms with Gasteiger partial charge < -0.3 is 22.4 Å². The van der Waals surface area contributed by atoms with Gasteiger partial charge in [0, 0.05) is 5.69 Å². The number of nitrogens with one attached hydrogen (secondary N) is 1. The Balaban J connectivity index is 0.00000210. The molecule has 5 nitrogen and oxygen atoms in total. The van der Waals surface area contributed by atoms with E-state index in [-0.39, 0.29) is 18.2 Å². The molecule has 0 saturated carbocycles. The molecule has 1 aliphatic rings. The molecule has 0 aliphatic carbocycles. The van der Waals surface area contributed by atoms with Gasteiger partial charge in [-0.3, -0.25) is 5.41 Å². The lowest BCUT2D eigenvalue weighted by Gasteiger charge is -2.18. The number of amidine groups is 1. The van der Waals surface area contributed by atoms with Gasteiger partial charge in [0.25, 0.3) is 5.82 Å². The third-order valence-corrected chi connectivity index (χ3v) is 5.22. The molecule has 0 unspecified atom stereocenters. The molecular weight excluding hydrogens is 360 g/mol. The molecule has 2 N–H and O–H groups in total. The maximum absolute atomic E-state index is 10.7. The standard InChI is InChI=1S/C21H22N4O.ClH/c1-4-14-9-11-15(12-10-14)25-13-18(26)19(20(25)22)21-23(2)16-7-5-6-8-17(16)24(21)3;/h5-12,22H,4,13H2,1-3H3;1H. The number of rotatable bonds is 3. The summed E-state index contributed by atoms with van der Waals surface area (Å²) in [7, 11) is 3.95. The van der Waals surface area contributed by atoms with E-state index in [1.807, 2.05) is 52.4 Å². The molecular formula is C21H23ClN4O. The van der Waals surface area contributed by atoms with E-state index < -0.39 is 0 Å². The molecule has 140 valence electrons. The number of aromatic nitrogens is 2. The van der Waals surface area contributed by atoms with Crippen molar-refractivity contribution in [3.63, 3.8) is 0 Å². The van der Waals surface area contributed by atoms with Gasteiger partial charge in [-0.25, -0.2) is 9.13 Å². The van der Waals surface area contributed by atoms with Crippen LogP contribution in [0.1, 0.15) is 18.3 Å². The van der Waals surface area contributed by atoms with Crippen molar-refractivity contribution in [2.24, 2.45) is 14.1 Å². The minimum atomic E-state index is 0. The number of para-hydroxylation sites is 2. The van der Waals surface area contributed by atoms with E-state index in [1.165, 1.54) is 5.56 Å². The lowest BCUT2D eigenvalue weighted by molar-refractivity contribution is -0.648. The van der Waals surface area contributed by atoms with Gasteiger partial charge in [0.2, 0.25) is 0 Å². The van der Waals surface area contributed by atoms with E-state index >= 15 is 0 Å². The molecule has 2 aromatic carbocycles. The molecule has 1 aromatic heterocycles. The van der Waals surface area contributed by atoms with E-state index in [2.05, 4.69) is 31.2 Å². The number of fused-ring (bicyclic) bond motifs is 1. The van der Waals surface area contributed by atoms with E-state index in [9.17, 15) is 5.11 Å². The van der Waals surface area contributed by atoms with Gasteiger partial charge in [-0.1, -0.05) is 31.2 Å². The Hall–Kier alpha value is -2.79. The zero-order chi connectivity index (χ0) is 18.4. The Labute approximate surface area is 165 Å². The van der Waals surface area contributed by atoms with Crippen LogP contribution in [0.4, 0.5) is 5.69 Å². The Kier molecular flexibility index (Phi) is 4.98. The van der Waals surface area contributed by atoms with Crippen molar-refractivity contribution in [2.45, 2.75) is 13.3 Å². The molecule has 0 fully saturated rings. The second kappa shape index (κ2) is 7.08. The van der Waals surface area contributed by atoms with Crippen LogP contribution in [0.15, 0.2) is 54.3 Å². The van der Waals surface area contributed by atoms with Crippen molar-refractivity contribution in [3.8, 4) is 0 Å². The van der Waals surface area contributed by atoms with Gasteiger partial charge in [0.1, 0.15) is 17.2 Å². The highest BCUT2D eigenvalue weighted by atomic mass is 35.5. The number of anilines is 1. The minimum absolute atomic E-state index is 0. The lowest BCUT2D eigenvalue weighted by Crippen LogP contribution is -3.00. The highest BCUT2D eigenvalue weighted by Crippen LogP contribution is 2.31. The molecule has 0 atom stereocenters. The van der Waals surface area contributed by atoms with Gasteiger partial charge in [-0.2, -0.15) is 0 Å². The van der Waals surface area contributed by atoms with Crippen LogP contribution in [-0.4, -0.2) is 22.1 Å². The maximum atomic E-state index is 10.7. The predicted octanol–water partition coefficient (Wildman–Crippen LogP) is 0.336. The highest BCUT2D eigenvalue weighted by molar-refractivity contribution is 6.30. The second-order valence-electron chi connectivity index (χ2n) is 6.71. The summed E-state index contributed by atoms with van der Waals surface area (Å²) in [5, 5.41) is 19.4. The topological polar surface area (TPSA) is 56.1 Å². The number of halogens is 1. The summed E-state index contributed by atoms with van der Waals surface area (Å²) in [5.41, 5.74) is 4.92. The normalized spacial score (nSPS) is 14.2. The fourth-order valence-electron chi connectivity index (χ4n) is 3.77. The van der Waals surface area contributed by atoms with Crippen LogP contribution in [0.2, 0.25) is 0 Å². The summed E-state index contributed by atoms with van der Waals surface area (Å²) in [6, 6.07) is 16.3. The number of aliphatic hydroxyl groups is 1. The second-order valence-corrected chi connectivity index (χ2v) is 6.71. The largest absolute Gasteiger partial charge is 1.00 e. The zero-order valence-corrected chi connectivity index (χ0v) is 16.5. The van der Waals surface area contributed by atoms with Gasteiger partial charge in [-0.15, -0.1) is 0 Å². The number of nitrogens with zero attached hydrogens (tertiary/aromatic N) is 3. The van der Waals surface area contributed by atoms with E-state index in [1.54, 1.807) is 0 Å². The number of benzene rings is 2. The number of imidazole rings is 1. The van der Waals surface area contributed by atoms with Gasteiger partial charge in [0.15, 0.2) is 11.0 Å². The summed E-state index contributed by atoms with van der Waals surface area (Å²) in [5.74, 6) is 1.39. The lowest BCUT2D eigenvalue weighted by atomic mass is 10.1. The first-order valence-corrected chi connectivity index (χ1v) is 8.84. The number of hydrogen-bond donors (Lipinski definition) is 2. The minimum Gasteiger partial charge on any atom is -1.00 e. The SMILES string of the molecule is CCc1ccc(N2CC(O)=C(c3n(C)c4ccccc4[n+]3C)C2=N)cc1.[Cl-]. The summed E-state index contributed by atoms with van der Waals surface area (Å²) < 4.78 is 4.08. The monoisotopic (exact) mass is 382 g/mol. The molecule has 0 spiro atoms. The Morgan fingerprint density at radius 1 is 1.11 bits per heavy atom. The van der Waals surface area contributed by atoms with E-state index in [0.717, 1.165) is 29.0 Å². The summed E-state index contributed by atoms with van der Waals surface area (Å²) in [6.07, 6.45) is 0.984. The van der Waals surface area contributed by atoms with Crippen LogP contribution in [0, 0.1) is 5.41 Å². The van der Waals surface area contributed by atoms with Crippen LogP contribution in [0.3, 0.4) is 0 Å². The van der Waals surface area contributed by atoms with Crippen LogP contribution < -0.4 is 21.9 Å². The van der Waals surface area contributed by atoms with Crippen LogP contribution >= 0.6 is 0 Å². The predicted molar refractivity (Wildman–Crippen MR) is 105 cm³/mol. The molecule has 6 heteroatoms. The molecule has 0 radical (unpaired) electrons. The molecule has 0 saturated heterocycles. The Morgan fingerprint density at radius 2 is 1.78 bits per heavy atom. The number of aliphatic hydroxyl groups excluding tert-OH is 1. The smallest absolute Gasteiger partial charge is 0.296 e. The van der Waals surface area contributed by atoms with Crippen molar-refractivity contribution in [3.05, 3.63) is 65.7 Å². The third-order valence-electron chi connectivity index (χ3n) is 5.22. The third kappa shape index (κ3) is 2.88. The first-order valence-electron chi connectivity index (χ1n) is 8.84. The number of aryl methyl sites for hydroxylation is 3. The van der Waals surface area contributed by atoms with Crippen molar-refractivity contribution < 1.29 is 22.1 Å². The molecule has 0 amide bonds. The van der Waals surface area contributed by atoms with Gasteiger partial charge in [0.05, 0.1) is 20.6 Å². The average molecular weight is 383 g/mol. The summed E-state index contributed by atoms with van der Waals surface area (Å²) in [4.78, 5) is 1.85. The van der Waals surface area contributed by atoms with Crippen LogP contribution in [0.25, 0.3) is 16.6 Å². The summed E-state index contributed by atoms with van der Waals surface area (Å²) >= 11 is 0. The average Bonchev–Trinajstić information content (AvgIpc) is 3.09. The summed E-state index contributed by atoms with van der Waals surface area (Å²) in [6.45, 7) is 2.44. The van der Waals surface area contributed by atoms with Crippen LogP contribution in [-0.2, 0) is 20.5 Å². The first kappa shape index (κ1) is 19.0.